The molecule has 0 spiro atoms. The summed E-state index contributed by atoms with van der Waals surface area (Å²) in [6.07, 6.45) is 8.23. The zero-order chi connectivity index (χ0) is 21.4. The first-order valence-electron chi connectivity index (χ1n) is 10.5. The van der Waals surface area contributed by atoms with Crippen LogP contribution in [0, 0.1) is 5.82 Å². The van der Waals surface area contributed by atoms with E-state index in [1.165, 1.54) is 6.07 Å². The molecule has 0 atom stereocenters. The van der Waals surface area contributed by atoms with E-state index in [9.17, 15) is 9.18 Å². The lowest BCUT2D eigenvalue weighted by molar-refractivity contribution is 0.0551. The minimum atomic E-state index is -0.279. The summed E-state index contributed by atoms with van der Waals surface area (Å²) in [4.78, 5) is 23.6. The number of carbonyl (C=O) groups is 1. The summed E-state index contributed by atoms with van der Waals surface area (Å²) >= 11 is 0. The molecule has 0 saturated heterocycles. The van der Waals surface area contributed by atoms with E-state index in [0.29, 0.717) is 17.8 Å². The van der Waals surface area contributed by atoms with Gasteiger partial charge in [0.05, 0.1) is 11.8 Å². The summed E-state index contributed by atoms with van der Waals surface area (Å²) in [5, 5.41) is 0.964. The highest BCUT2D eigenvalue weighted by molar-refractivity contribution is 5.92. The fourth-order valence-electron chi connectivity index (χ4n) is 4.07. The number of pyridine rings is 1. The maximum atomic E-state index is 14.7. The third kappa shape index (κ3) is 3.81. The second-order valence-electron chi connectivity index (χ2n) is 8.17. The first-order valence-corrected chi connectivity index (χ1v) is 10.5. The Morgan fingerprint density at radius 3 is 2.77 bits per heavy atom. The van der Waals surface area contributed by atoms with E-state index < -0.39 is 0 Å². The molecule has 1 fully saturated rings. The summed E-state index contributed by atoms with van der Waals surface area (Å²) in [5.41, 5.74) is 3.55. The molecule has 1 aliphatic rings. The van der Waals surface area contributed by atoms with Crippen LogP contribution in [0.1, 0.15) is 35.3 Å². The van der Waals surface area contributed by atoms with Crippen LogP contribution in [0.2, 0.25) is 0 Å². The van der Waals surface area contributed by atoms with Crippen molar-refractivity contribution < 1.29 is 9.18 Å². The lowest BCUT2D eigenvalue weighted by Crippen LogP contribution is -2.43. The van der Waals surface area contributed by atoms with Gasteiger partial charge in [0.2, 0.25) is 0 Å². The van der Waals surface area contributed by atoms with Gasteiger partial charge in [-0.25, -0.2) is 9.37 Å². The summed E-state index contributed by atoms with van der Waals surface area (Å²) in [5.74, 6) is -0.355. The number of carbonyl (C=O) groups excluding carboxylic acids is 1. The molecule has 0 N–H and O–H groups in total. The molecule has 156 valence electrons. The molecule has 0 unspecified atom stereocenters. The summed E-state index contributed by atoms with van der Waals surface area (Å²) in [6, 6.07) is 14.9. The van der Waals surface area contributed by atoms with Gasteiger partial charge in [-0.15, -0.1) is 0 Å². The van der Waals surface area contributed by atoms with Crippen molar-refractivity contribution in [1.82, 2.24) is 19.4 Å². The van der Waals surface area contributed by atoms with E-state index in [2.05, 4.69) is 9.97 Å². The first kappa shape index (κ1) is 19.4. The molecule has 4 aromatic rings. The predicted molar refractivity (Wildman–Crippen MR) is 118 cm³/mol. The smallest absolute Gasteiger partial charge is 0.274 e. The predicted octanol–water partition coefficient (Wildman–Crippen LogP) is 4.97. The number of nitrogens with zero attached hydrogens (tertiary/aromatic N) is 4. The number of aromatic nitrogens is 3. The number of rotatable bonds is 5. The molecule has 5 nitrogen and oxygen atoms in total. The summed E-state index contributed by atoms with van der Waals surface area (Å²) in [7, 11) is 1.85. The van der Waals surface area contributed by atoms with Gasteiger partial charge in [-0.05, 0) is 60.7 Å². The lowest BCUT2D eigenvalue weighted by atomic mass is 9.90. The van der Waals surface area contributed by atoms with Gasteiger partial charge in [-0.1, -0.05) is 18.2 Å². The average molecular weight is 414 g/mol. The molecule has 1 aliphatic carbocycles. The van der Waals surface area contributed by atoms with E-state index in [0.717, 1.165) is 41.3 Å². The van der Waals surface area contributed by atoms with Crippen molar-refractivity contribution in [2.75, 3.05) is 0 Å². The SMILES string of the molecule is Cn1cnc(C(=O)N(Cc2ccc(F)c(-c3ccc4ncccc4c3)c2)C2CCC2)c1. The van der Waals surface area contributed by atoms with Crippen LogP contribution >= 0.6 is 0 Å². The zero-order valence-electron chi connectivity index (χ0n) is 17.3. The summed E-state index contributed by atoms with van der Waals surface area (Å²) in [6.45, 7) is 0.433. The standard InChI is InChI=1S/C25H23FN4O/c1-29-15-24(28-16-29)25(31)30(20-5-2-6-20)14-17-7-9-22(26)21(12-17)18-8-10-23-19(13-18)4-3-11-27-23/h3-4,7-13,15-16,20H,2,5-6,14H2,1H3. The molecule has 0 bridgehead atoms. The van der Waals surface area contributed by atoms with E-state index in [-0.39, 0.29) is 17.8 Å². The Hall–Kier alpha value is -3.54. The highest BCUT2D eigenvalue weighted by Gasteiger charge is 2.30. The maximum absolute atomic E-state index is 14.7. The molecule has 31 heavy (non-hydrogen) atoms. The summed E-state index contributed by atoms with van der Waals surface area (Å²) < 4.78 is 16.5. The molecule has 2 aromatic carbocycles. The molecule has 2 aromatic heterocycles. The van der Waals surface area contributed by atoms with Crippen LogP contribution in [-0.2, 0) is 13.6 Å². The van der Waals surface area contributed by atoms with Crippen LogP contribution in [0.5, 0.6) is 0 Å². The number of fused-ring (bicyclic) bond motifs is 1. The first-order chi connectivity index (χ1) is 15.1. The molecule has 5 rings (SSSR count). The Bertz CT molecular complexity index is 1260. The fourth-order valence-corrected chi connectivity index (χ4v) is 4.07. The van der Waals surface area contributed by atoms with E-state index >= 15 is 0 Å². The third-order valence-corrected chi connectivity index (χ3v) is 6.00. The van der Waals surface area contributed by atoms with Gasteiger partial charge in [0.1, 0.15) is 11.5 Å². The maximum Gasteiger partial charge on any atom is 0.274 e. The van der Waals surface area contributed by atoms with Crippen LogP contribution < -0.4 is 0 Å². The van der Waals surface area contributed by atoms with Crippen molar-refractivity contribution in [3.8, 4) is 11.1 Å². The van der Waals surface area contributed by atoms with E-state index in [1.54, 1.807) is 29.4 Å². The molecule has 6 heteroatoms. The van der Waals surface area contributed by atoms with Gasteiger partial charge >= 0.3 is 0 Å². The van der Waals surface area contributed by atoms with Crippen LogP contribution in [0.25, 0.3) is 22.0 Å². The number of hydrogen-bond acceptors (Lipinski definition) is 3. The molecular formula is C25H23FN4O. The molecule has 1 saturated carbocycles. The highest BCUT2D eigenvalue weighted by Crippen LogP contribution is 2.30. The van der Waals surface area contributed by atoms with E-state index in [4.69, 9.17) is 0 Å². The molecular weight excluding hydrogens is 391 g/mol. The van der Waals surface area contributed by atoms with Gasteiger partial charge in [0.15, 0.2) is 0 Å². The number of hydrogen-bond donors (Lipinski definition) is 0. The number of halogens is 1. The Morgan fingerprint density at radius 2 is 2.03 bits per heavy atom. The second-order valence-corrected chi connectivity index (χ2v) is 8.17. The Labute approximate surface area is 180 Å². The normalized spacial score (nSPS) is 13.9. The molecule has 1 amide bonds. The Kier molecular flexibility index (Phi) is 4.98. The van der Waals surface area contributed by atoms with Gasteiger partial charge in [0.25, 0.3) is 5.91 Å². The zero-order valence-corrected chi connectivity index (χ0v) is 17.3. The monoisotopic (exact) mass is 414 g/mol. The lowest BCUT2D eigenvalue weighted by Gasteiger charge is -2.37. The Balaban J connectivity index is 1.47. The average Bonchev–Trinajstić information content (AvgIpc) is 3.18. The van der Waals surface area contributed by atoms with Crippen molar-refractivity contribution in [1.29, 1.82) is 0 Å². The second kappa shape index (κ2) is 7.95. The van der Waals surface area contributed by atoms with E-state index in [1.807, 2.05) is 48.3 Å². The van der Waals surface area contributed by atoms with Crippen LogP contribution in [0.3, 0.4) is 0 Å². The minimum Gasteiger partial charge on any atom is -0.340 e. The minimum absolute atomic E-state index is 0.0760. The molecule has 0 radical (unpaired) electrons. The number of benzene rings is 2. The number of aryl methyl sites for hydroxylation is 1. The van der Waals surface area contributed by atoms with Gasteiger partial charge in [-0.3, -0.25) is 9.78 Å². The van der Waals surface area contributed by atoms with Gasteiger partial charge in [-0.2, -0.15) is 0 Å². The van der Waals surface area contributed by atoms with Crippen molar-refractivity contribution >= 4 is 16.8 Å². The van der Waals surface area contributed by atoms with Crippen LogP contribution in [0.4, 0.5) is 4.39 Å². The topological polar surface area (TPSA) is 51.0 Å². The van der Waals surface area contributed by atoms with Crippen molar-refractivity contribution in [2.45, 2.75) is 31.8 Å². The van der Waals surface area contributed by atoms with Crippen molar-refractivity contribution in [3.63, 3.8) is 0 Å². The van der Waals surface area contributed by atoms with Crippen LogP contribution in [-0.4, -0.2) is 31.4 Å². The number of imidazole rings is 1. The fraction of sp³-hybridized carbons (Fsp3) is 0.240. The van der Waals surface area contributed by atoms with Crippen LogP contribution in [0.15, 0.2) is 67.3 Å². The molecule has 0 aliphatic heterocycles. The largest absolute Gasteiger partial charge is 0.340 e. The quantitative estimate of drug-likeness (QED) is 0.463. The Morgan fingerprint density at radius 1 is 1.16 bits per heavy atom. The van der Waals surface area contributed by atoms with Crippen molar-refractivity contribution in [3.05, 3.63) is 84.3 Å². The number of amides is 1. The van der Waals surface area contributed by atoms with Gasteiger partial charge in [0, 0.05) is 43.0 Å². The van der Waals surface area contributed by atoms with Gasteiger partial charge < -0.3 is 9.47 Å². The molecule has 2 heterocycles. The highest BCUT2D eigenvalue weighted by atomic mass is 19.1. The third-order valence-electron chi connectivity index (χ3n) is 6.00. The van der Waals surface area contributed by atoms with Crippen molar-refractivity contribution in [2.24, 2.45) is 7.05 Å².